The molecule has 0 spiro atoms. The van der Waals surface area contributed by atoms with Crippen molar-refractivity contribution in [3.8, 4) is 11.1 Å². The first-order chi connectivity index (χ1) is 20.3. The number of nitrogens with zero attached hydrogens (tertiary/aromatic N) is 6. The number of benzene rings is 2. The van der Waals surface area contributed by atoms with Crippen LogP contribution in [0.2, 0.25) is 5.02 Å². The number of halogens is 3. The van der Waals surface area contributed by atoms with Gasteiger partial charge in [-0.1, -0.05) is 25.1 Å². The molecule has 0 aromatic heterocycles. The summed E-state index contributed by atoms with van der Waals surface area (Å²) in [6.45, 7) is 16.4. The van der Waals surface area contributed by atoms with Gasteiger partial charge in [-0.3, -0.25) is 9.69 Å². The Hall–Kier alpha value is -2.66. The lowest BCUT2D eigenvalue weighted by Crippen LogP contribution is -2.57. The highest BCUT2D eigenvalue weighted by Gasteiger charge is 2.39. The monoisotopic (exact) mass is 614 g/mol. The Morgan fingerprint density at radius 3 is 2.55 bits per heavy atom. The van der Waals surface area contributed by atoms with E-state index in [-0.39, 0.29) is 18.0 Å². The van der Waals surface area contributed by atoms with E-state index in [2.05, 4.69) is 40.0 Å². The van der Waals surface area contributed by atoms with Crippen molar-refractivity contribution in [2.75, 3.05) is 76.2 Å². The number of likely N-dealkylation sites (N-methyl/N-ethyl adjacent to an activating group) is 1. The standard InChI is InChI=1S/C31H37ClF2N6OS/c1-4-27(41)38-12-13-39(20(3)16-38)31-24-15-25(32)28(23-7-6-21(33)14-26(23)34)30-29(24)40(19-35-31)22(18-42-30)17-37-10-8-36(5-2)9-11-37/h4,6-7,14-15,20,22H,1,5,8-13,16-19H2,2-3H3/t20-,22-/m0/s1. The Kier molecular flexibility index (Phi) is 8.51. The summed E-state index contributed by atoms with van der Waals surface area (Å²) >= 11 is 8.67. The number of carbonyl (C=O) groups excluding carboxylic acids is 1. The van der Waals surface area contributed by atoms with Crippen LogP contribution in [-0.2, 0) is 4.79 Å². The molecule has 1 amide bonds. The van der Waals surface area contributed by atoms with Gasteiger partial charge in [-0.25, -0.2) is 13.8 Å². The van der Waals surface area contributed by atoms with Crippen molar-refractivity contribution in [1.82, 2.24) is 19.6 Å². The summed E-state index contributed by atoms with van der Waals surface area (Å²) in [5.74, 6) is 0.363. The number of thioether (sulfide) groups is 1. The minimum absolute atomic E-state index is 0.0403. The maximum absolute atomic E-state index is 15.2. The molecule has 224 valence electrons. The van der Waals surface area contributed by atoms with Crippen molar-refractivity contribution in [2.24, 2.45) is 4.99 Å². The fraction of sp³-hybridized carbons (Fsp3) is 0.484. The van der Waals surface area contributed by atoms with Gasteiger partial charge < -0.3 is 19.6 Å². The summed E-state index contributed by atoms with van der Waals surface area (Å²) in [6.07, 6.45) is 1.36. The molecule has 11 heteroatoms. The van der Waals surface area contributed by atoms with Crippen molar-refractivity contribution >= 4 is 40.8 Å². The molecule has 2 aromatic rings. The first-order valence-corrected chi connectivity index (χ1v) is 16.0. The zero-order valence-electron chi connectivity index (χ0n) is 24.2. The largest absolute Gasteiger partial charge is 0.350 e. The average Bonchev–Trinajstić information content (AvgIpc) is 2.99. The molecule has 0 radical (unpaired) electrons. The molecule has 4 aliphatic heterocycles. The van der Waals surface area contributed by atoms with Gasteiger partial charge in [0.15, 0.2) is 0 Å². The van der Waals surface area contributed by atoms with Crippen LogP contribution in [0.25, 0.3) is 11.1 Å². The predicted molar refractivity (Wildman–Crippen MR) is 167 cm³/mol. The number of piperazine rings is 2. The fourth-order valence-corrected chi connectivity index (χ4v) is 8.34. The number of aliphatic imine (C=N–C) groups is 1. The second kappa shape index (κ2) is 12.1. The molecule has 0 bridgehead atoms. The minimum atomic E-state index is -0.627. The molecule has 4 heterocycles. The van der Waals surface area contributed by atoms with E-state index in [1.807, 2.05) is 11.0 Å². The topological polar surface area (TPSA) is 45.6 Å². The van der Waals surface area contributed by atoms with E-state index in [1.165, 1.54) is 18.2 Å². The first kappa shape index (κ1) is 29.4. The van der Waals surface area contributed by atoms with E-state index in [9.17, 15) is 9.18 Å². The van der Waals surface area contributed by atoms with Gasteiger partial charge in [-0.15, -0.1) is 11.8 Å². The van der Waals surface area contributed by atoms with Crippen molar-refractivity contribution in [3.63, 3.8) is 0 Å². The summed E-state index contributed by atoms with van der Waals surface area (Å²) < 4.78 is 29.0. The van der Waals surface area contributed by atoms with Gasteiger partial charge in [0.05, 0.1) is 16.8 Å². The number of hydrogen-bond donors (Lipinski definition) is 0. The van der Waals surface area contributed by atoms with Gasteiger partial charge in [-0.05, 0) is 37.7 Å². The van der Waals surface area contributed by atoms with E-state index in [0.717, 1.165) is 73.1 Å². The van der Waals surface area contributed by atoms with Crippen LogP contribution in [0.15, 0.2) is 46.8 Å². The molecule has 6 rings (SSSR count). The Morgan fingerprint density at radius 2 is 1.86 bits per heavy atom. The van der Waals surface area contributed by atoms with E-state index in [0.29, 0.717) is 42.5 Å². The van der Waals surface area contributed by atoms with Crippen molar-refractivity contribution in [1.29, 1.82) is 0 Å². The summed E-state index contributed by atoms with van der Waals surface area (Å²) in [6, 6.07) is 5.85. The number of hydrogen-bond acceptors (Lipinski definition) is 7. The smallest absolute Gasteiger partial charge is 0.246 e. The van der Waals surface area contributed by atoms with Crippen LogP contribution in [0.4, 0.5) is 14.5 Å². The maximum Gasteiger partial charge on any atom is 0.246 e. The number of rotatable bonds is 5. The lowest BCUT2D eigenvalue weighted by atomic mass is 9.97. The van der Waals surface area contributed by atoms with Crippen molar-refractivity contribution in [3.05, 3.63) is 59.1 Å². The quantitative estimate of drug-likeness (QED) is 0.458. The minimum Gasteiger partial charge on any atom is -0.350 e. The van der Waals surface area contributed by atoms with Crippen molar-refractivity contribution < 1.29 is 13.6 Å². The highest BCUT2D eigenvalue weighted by Crippen LogP contribution is 2.51. The third-order valence-corrected chi connectivity index (χ3v) is 10.5. The predicted octanol–water partition coefficient (Wildman–Crippen LogP) is 4.64. The van der Waals surface area contributed by atoms with Gasteiger partial charge in [0.2, 0.25) is 5.91 Å². The molecule has 0 unspecified atom stereocenters. The molecular formula is C31H37ClF2N6OS. The van der Waals surface area contributed by atoms with Crippen LogP contribution in [0.3, 0.4) is 0 Å². The molecule has 7 nitrogen and oxygen atoms in total. The normalized spacial score (nSPS) is 23.1. The molecule has 2 aromatic carbocycles. The van der Waals surface area contributed by atoms with Crippen molar-refractivity contribution in [2.45, 2.75) is 30.8 Å². The fourth-order valence-electron chi connectivity index (χ4n) is 6.61. The van der Waals surface area contributed by atoms with Crippen LogP contribution in [-0.4, -0.2) is 115 Å². The first-order valence-electron chi connectivity index (χ1n) is 14.7. The second-order valence-electron chi connectivity index (χ2n) is 11.4. The van der Waals surface area contributed by atoms with Crippen LogP contribution >= 0.6 is 23.4 Å². The van der Waals surface area contributed by atoms with Gasteiger partial charge >= 0.3 is 0 Å². The molecule has 0 aliphatic carbocycles. The Labute approximate surface area is 255 Å². The van der Waals surface area contributed by atoms with Gasteiger partial charge in [0, 0.05) is 91.8 Å². The summed E-state index contributed by atoms with van der Waals surface area (Å²) in [5, 5.41) is 0.415. The van der Waals surface area contributed by atoms with E-state index in [1.54, 1.807) is 11.8 Å². The highest BCUT2D eigenvalue weighted by atomic mass is 35.5. The van der Waals surface area contributed by atoms with E-state index in [4.69, 9.17) is 16.6 Å². The zero-order valence-corrected chi connectivity index (χ0v) is 25.7. The van der Waals surface area contributed by atoms with Crippen LogP contribution in [0.1, 0.15) is 19.4 Å². The molecule has 0 saturated carbocycles. The lowest BCUT2D eigenvalue weighted by Gasteiger charge is -2.47. The number of amidine groups is 1. The molecule has 2 saturated heterocycles. The molecule has 0 N–H and O–H groups in total. The summed E-state index contributed by atoms with van der Waals surface area (Å²) in [4.78, 5) is 29.8. The highest BCUT2D eigenvalue weighted by molar-refractivity contribution is 7.99. The molecular weight excluding hydrogens is 578 g/mol. The third-order valence-electron chi connectivity index (χ3n) is 8.94. The third kappa shape index (κ3) is 5.42. The Bertz CT molecular complexity index is 1410. The van der Waals surface area contributed by atoms with E-state index < -0.39 is 11.6 Å². The van der Waals surface area contributed by atoms with Crippen LogP contribution < -0.4 is 4.90 Å². The lowest BCUT2D eigenvalue weighted by molar-refractivity contribution is -0.128. The Morgan fingerprint density at radius 1 is 1.10 bits per heavy atom. The Balaban J connectivity index is 1.38. The molecule has 42 heavy (non-hydrogen) atoms. The van der Waals surface area contributed by atoms with E-state index >= 15 is 4.39 Å². The average molecular weight is 615 g/mol. The summed E-state index contributed by atoms with van der Waals surface area (Å²) in [5.41, 5.74) is 2.85. The zero-order chi connectivity index (χ0) is 29.5. The molecule has 2 atom stereocenters. The second-order valence-corrected chi connectivity index (χ2v) is 12.8. The van der Waals surface area contributed by atoms with Crippen LogP contribution in [0.5, 0.6) is 0 Å². The van der Waals surface area contributed by atoms with Gasteiger partial charge in [0.1, 0.15) is 24.1 Å². The summed E-state index contributed by atoms with van der Waals surface area (Å²) in [7, 11) is 0. The van der Waals surface area contributed by atoms with Crippen LogP contribution in [0, 0.1) is 11.6 Å². The number of amides is 1. The van der Waals surface area contributed by atoms with Gasteiger partial charge in [-0.2, -0.15) is 0 Å². The molecule has 2 fully saturated rings. The SMILES string of the molecule is C=CC(=O)N1CCN(C2=NCN3c4c2cc(Cl)c(-c2ccc(F)cc2F)c4SC[C@@H]3CN2CCN(CC)CC2)[C@@H](C)C1. The number of anilines is 1. The van der Waals surface area contributed by atoms with Gasteiger partial charge in [0.25, 0.3) is 0 Å². The number of carbonyl (C=O) groups is 1. The molecule has 4 aliphatic rings. The maximum atomic E-state index is 15.2.